The van der Waals surface area contributed by atoms with Crippen molar-refractivity contribution < 1.29 is 19.1 Å². The number of carbonyl (C=O) groups is 2. The molecule has 0 saturated carbocycles. The second kappa shape index (κ2) is 7.04. The third-order valence-corrected chi connectivity index (χ3v) is 6.98. The number of fused-ring (bicyclic) bond motifs is 2. The molecular weight excluding hydrogens is 392 g/mol. The van der Waals surface area contributed by atoms with E-state index in [0.717, 1.165) is 20.9 Å². The predicted octanol–water partition coefficient (Wildman–Crippen LogP) is 5.61. The maximum atomic E-state index is 12.2. The standard InChI is InChI=1S/C22H14O4S2/c23-19-15-5-1-3-7-17(15)27-21(25-19)13-9-11-14(12-10-13)22-26-20(24)16-6-2-4-8-18(16)28-22/h1-12,21-22H/t21-,22+. The summed E-state index contributed by atoms with van der Waals surface area (Å²) in [6, 6.07) is 22.6. The van der Waals surface area contributed by atoms with Gasteiger partial charge in [0.1, 0.15) is 0 Å². The van der Waals surface area contributed by atoms with E-state index in [1.807, 2.05) is 60.7 Å². The molecule has 0 N–H and O–H groups in total. The summed E-state index contributed by atoms with van der Waals surface area (Å²) in [6.45, 7) is 0. The Balaban J connectivity index is 1.37. The van der Waals surface area contributed by atoms with Crippen molar-refractivity contribution in [2.24, 2.45) is 0 Å². The molecule has 2 atom stereocenters. The molecule has 2 heterocycles. The van der Waals surface area contributed by atoms with Crippen LogP contribution in [-0.2, 0) is 9.47 Å². The van der Waals surface area contributed by atoms with E-state index in [1.54, 1.807) is 12.1 Å². The SMILES string of the molecule is O=C1O[C@@H](c2ccc([C@H]3OC(=O)c4ccccc4S3)cc2)Sc2ccccc21. The first-order valence-corrected chi connectivity index (χ1v) is 10.5. The number of cyclic esters (lactones) is 2. The van der Waals surface area contributed by atoms with Gasteiger partial charge in [0.05, 0.1) is 11.1 Å². The van der Waals surface area contributed by atoms with Crippen molar-refractivity contribution in [2.45, 2.75) is 20.7 Å². The highest BCUT2D eigenvalue weighted by Crippen LogP contribution is 2.45. The Kier molecular flexibility index (Phi) is 4.37. The highest BCUT2D eigenvalue weighted by molar-refractivity contribution is 7.99. The summed E-state index contributed by atoms with van der Waals surface area (Å²) in [7, 11) is 0. The number of hydrogen-bond donors (Lipinski definition) is 0. The lowest BCUT2D eigenvalue weighted by atomic mass is 10.1. The van der Waals surface area contributed by atoms with Crippen LogP contribution < -0.4 is 0 Å². The lowest BCUT2D eigenvalue weighted by molar-refractivity contribution is 0.0426. The Morgan fingerprint density at radius 1 is 0.571 bits per heavy atom. The van der Waals surface area contributed by atoms with E-state index in [0.29, 0.717) is 11.1 Å². The number of thioether (sulfide) groups is 2. The maximum absolute atomic E-state index is 12.2. The molecule has 0 amide bonds. The predicted molar refractivity (Wildman–Crippen MR) is 107 cm³/mol. The Hall–Kier alpha value is -2.70. The van der Waals surface area contributed by atoms with Crippen LogP contribution in [0.3, 0.4) is 0 Å². The molecule has 6 heteroatoms. The largest absolute Gasteiger partial charge is 0.442 e. The monoisotopic (exact) mass is 406 g/mol. The third-order valence-electron chi connectivity index (χ3n) is 4.59. The van der Waals surface area contributed by atoms with Gasteiger partial charge in [-0.3, -0.25) is 0 Å². The van der Waals surface area contributed by atoms with E-state index in [2.05, 4.69) is 0 Å². The number of ether oxygens (including phenoxy) is 2. The third kappa shape index (κ3) is 3.08. The molecule has 0 saturated heterocycles. The molecule has 2 aliphatic heterocycles. The summed E-state index contributed by atoms with van der Waals surface area (Å²) < 4.78 is 11.2. The van der Waals surface area contributed by atoms with Crippen LogP contribution in [-0.4, -0.2) is 11.9 Å². The van der Waals surface area contributed by atoms with Gasteiger partial charge < -0.3 is 9.47 Å². The Morgan fingerprint density at radius 2 is 0.964 bits per heavy atom. The summed E-state index contributed by atoms with van der Waals surface area (Å²) in [5, 5.41) is 0. The van der Waals surface area contributed by atoms with Gasteiger partial charge in [0.2, 0.25) is 0 Å². The molecule has 138 valence electrons. The van der Waals surface area contributed by atoms with Gasteiger partial charge in [0.25, 0.3) is 0 Å². The normalized spacial score (nSPS) is 20.6. The molecule has 0 bridgehead atoms. The molecule has 0 fully saturated rings. The van der Waals surface area contributed by atoms with Gasteiger partial charge in [-0.15, -0.1) is 0 Å². The van der Waals surface area contributed by atoms with Gasteiger partial charge in [-0.1, -0.05) is 72.1 Å². The van der Waals surface area contributed by atoms with Crippen LogP contribution in [0.15, 0.2) is 82.6 Å². The van der Waals surface area contributed by atoms with Crippen molar-refractivity contribution in [2.75, 3.05) is 0 Å². The first kappa shape index (κ1) is 17.4. The lowest BCUT2D eigenvalue weighted by Gasteiger charge is -2.26. The van der Waals surface area contributed by atoms with E-state index in [1.165, 1.54) is 23.5 Å². The summed E-state index contributed by atoms with van der Waals surface area (Å²) >= 11 is 3.03. The molecule has 0 aromatic heterocycles. The zero-order chi connectivity index (χ0) is 19.1. The Bertz CT molecular complexity index is 991. The molecule has 28 heavy (non-hydrogen) atoms. The molecule has 5 rings (SSSR count). The number of benzene rings is 3. The summed E-state index contributed by atoms with van der Waals surface area (Å²) in [6.07, 6.45) is 0. The van der Waals surface area contributed by atoms with Crippen molar-refractivity contribution in [3.8, 4) is 0 Å². The summed E-state index contributed by atoms with van der Waals surface area (Å²) in [5.74, 6) is -0.617. The van der Waals surface area contributed by atoms with Gasteiger partial charge >= 0.3 is 11.9 Å². The van der Waals surface area contributed by atoms with Gasteiger partial charge in [-0.25, -0.2) is 9.59 Å². The number of hydrogen-bond acceptors (Lipinski definition) is 6. The van der Waals surface area contributed by atoms with E-state index in [9.17, 15) is 9.59 Å². The second-order valence-electron chi connectivity index (χ2n) is 6.37. The molecule has 0 radical (unpaired) electrons. The zero-order valence-corrected chi connectivity index (χ0v) is 16.2. The van der Waals surface area contributed by atoms with Crippen molar-refractivity contribution >= 4 is 35.5 Å². The fraction of sp³-hybridized carbons (Fsp3) is 0.0909. The van der Waals surface area contributed by atoms with Crippen LogP contribution in [0, 0.1) is 0 Å². The van der Waals surface area contributed by atoms with Crippen LogP contribution in [0.5, 0.6) is 0 Å². The van der Waals surface area contributed by atoms with Crippen LogP contribution >= 0.6 is 23.5 Å². The molecule has 0 spiro atoms. The highest BCUT2D eigenvalue weighted by Gasteiger charge is 2.30. The lowest BCUT2D eigenvalue weighted by Crippen LogP contribution is -2.16. The minimum atomic E-state index is -0.390. The molecule has 4 nitrogen and oxygen atoms in total. The number of rotatable bonds is 2. The Labute approximate surface area is 170 Å². The van der Waals surface area contributed by atoms with E-state index in [4.69, 9.17) is 9.47 Å². The summed E-state index contributed by atoms with van der Waals surface area (Å²) in [5.41, 5.74) is 2.21. The molecule has 3 aromatic rings. The van der Waals surface area contributed by atoms with Crippen LogP contribution in [0.4, 0.5) is 0 Å². The smallest absolute Gasteiger partial charge is 0.340 e. The van der Waals surface area contributed by atoms with E-state index < -0.39 is 10.9 Å². The van der Waals surface area contributed by atoms with Gasteiger partial charge in [-0.05, 0) is 24.3 Å². The topological polar surface area (TPSA) is 52.6 Å². The average molecular weight is 406 g/mol. The molecule has 3 aromatic carbocycles. The van der Waals surface area contributed by atoms with Gasteiger partial charge in [0, 0.05) is 20.9 Å². The second-order valence-corrected chi connectivity index (χ2v) is 8.58. The first-order chi connectivity index (χ1) is 13.7. The van der Waals surface area contributed by atoms with Crippen LogP contribution in [0.2, 0.25) is 0 Å². The van der Waals surface area contributed by atoms with Gasteiger partial charge in [-0.2, -0.15) is 0 Å². The Morgan fingerprint density at radius 3 is 1.39 bits per heavy atom. The van der Waals surface area contributed by atoms with Crippen molar-refractivity contribution in [3.05, 3.63) is 95.1 Å². The van der Waals surface area contributed by atoms with Crippen LogP contribution in [0.1, 0.15) is 42.7 Å². The van der Waals surface area contributed by atoms with Crippen molar-refractivity contribution in [3.63, 3.8) is 0 Å². The first-order valence-electron chi connectivity index (χ1n) is 8.72. The van der Waals surface area contributed by atoms with E-state index in [-0.39, 0.29) is 11.9 Å². The minimum absolute atomic E-state index is 0.309. The quantitative estimate of drug-likeness (QED) is 0.516. The van der Waals surface area contributed by atoms with Gasteiger partial charge in [0.15, 0.2) is 10.9 Å². The molecule has 0 aliphatic carbocycles. The fourth-order valence-corrected chi connectivity index (χ4v) is 5.35. The fourth-order valence-electron chi connectivity index (χ4n) is 3.16. The number of esters is 2. The molecular formula is C22H14O4S2. The minimum Gasteiger partial charge on any atom is -0.442 e. The summed E-state index contributed by atoms with van der Waals surface area (Å²) in [4.78, 5) is 26.3. The maximum Gasteiger partial charge on any atom is 0.340 e. The van der Waals surface area contributed by atoms with Crippen LogP contribution in [0.25, 0.3) is 0 Å². The molecule has 2 aliphatic rings. The van der Waals surface area contributed by atoms with E-state index >= 15 is 0 Å². The van der Waals surface area contributed by atoms with Crippen molar-refractivity contribution in [1.82, 2.24) is 0 Å². The number of carbonyl (C=O) groups excluding carboxylic acids is 2. The molecule has 0 unspecified atom stereocenters. The van der Waals surface area contributed by atoms with Crippen molar-refractivity contribution in [1.29, 1.82) is 0 Å². The average Bonchev–Trinajstić information content (AvgIpc) is 2.74. The zero-order valence-electron chi connectivity index (χ0n) is 14.5. The highest BCUT2D eigenvalue weighted by atomic mass is 32.2.